The van der Waals surface area contributed by atoms with Gasteiger partial charge in [0.25, 0.3) is 0 Å². The van der Waals surface area contributed by atoms with Gasteiger partial charge in [-0.25, -0.2) is 5.01 Å². The first-order chi connectivity index (χ1) is 15.6. The van der Waals surface area contributed by atoms with Crippen molar-refractivity contribution in [1.29, 1.82) is 0 Å². The number of hydrogen-bond donors (Lipinski definition) is 0. The zero-order chi connectivity index (χ0) is 21.8. The molecule has 0 aromatic heterocycles. The molecule has 3 aromatic rings. The number of fused-ring (bicyclic) bond motifs is 4. The fourth-order valence-electron chi connectivity index (χ4n) is 4.57. The molecule has 0 aliphatic carbocycles. The second-order valence-electron chi connectivity index (χ2n) is 8.69. The maximum atomic E-state index is 6.50. The Kier molecular flexibility index (Phi) is 4.65. The monoisotopic (exact) mass is 490 g/mol. The maximum Gasteiger partial charge on any atom is 0.231 e. The summed E-state index contributed by atoms with van der Waals surface area (Å²) in [5.74, 6) is 2.96. The van der Waals surface area contributed by atoms with Gasteiger partial charge >= 0.3 is 0 Å². The summed E-state index contributed by atoms with van der Waals surface area (Å²) < 4.78 is 18.6. The number of nitrogens with zero attached hydrogens (tertiary/aromatic N) is 2. The number of hydrogen-bond acceptors (Lipinski definition) is 5. The first-order valence-corrected chi connectivity index (χ1v) is 11.7. The highest BCUT2D eigenvalue weighted by molar-refractivity contribution is 9.10. The van der Waals surface area contributed by atoms with E-state index in [-0.39, 0.29) is 19.1 Å². The summed E-state index contributed by atoms with van der Waals surface area (Å²) in [6.07, 6.45) is 0.522. The van der Waals surface area contributed by atoms with E-state index in [4.69, 9.17) is 19.3 Å². The fraction of sp³-hybridized carbons (Fsp3) is 0.269. The van der Waals surface area contributed by atoms with Crippen molar-refractivity contribution >= 4 is 21.6 Å². The van der Waals surface area contributed by atoms with Crippen molar-refractivity contribution in [3.8, 4) is 17.2 Å². The van der Waals surface area contributed by atoms with E-state index in [2.05, 4.69) is 71.2 Å². The molecule has 0 bridgehead atoms. The van der Waals surface area contributed by atoms with Gasteiger partial charge in [0.05, 0.1) is 11.8 Å². The van der Waals surface area contributed by atoms with Crippen molar-refractivity contribution in [3.63, 3.8) is 0 Å². The lowest BCUT2D eigenvalue weighted by Crippen LogP contribution is -2.33. The number of halogens is 1. The van der Waals surface area contributed by atoms with E-state index in [1.54, 1.807) is 0 Å². The standard InChI is InChI=1S/C26H23BrN2O3/c1-15(2)16-3-5-17(6-4-16)26-29-22(20-12-19(27)8-10-23(20)32-26)13-21(28-29)18-7-9-24-25(11-18)31-14-30-24/h3-12,15,22,26H,13-14H2,1-2H3/t22-,26+/m1/s1. The number of rotatable bonds is 3. The van der Waals surface area contributed by atoms with Crippen LogP contribution in [0.2, 0.25) is 0 Å². The second kappa shape index (κ2) is 7.55. The van der Waals surface area contributed by atoms with Crippen LogP contribution in [0.3, 0.4) is 0 Å². The van der Waals surface area contributed by atoms with Gasteiger partial charge in [-0.3, -0.25) is 0 Å². The topological polar surface area (TPSA) is 43.3 Å². The SMILES string of the molecule is CC(C)c1ccc([C@@H]2Oc3ccc(Br)cc3[C@H]3CC(c4ccc5c(c4)OCO5)=NN32)cc1. The minimum absolute atomic E-state index is 0.103. The smallest absolute Gasteiger partial charge is 0.231 e. The summed E-state index contributed by atoms with van der Waals surface area (Å²) in [5, 5.41) is 7.17. The fourth-order valence-corrected chi connectivity index (χ4v) is 4.95. The normalized spacial score (nSPS) is 20.6. The third-order valence-electron chi connectivity index (χ3n) is 6.35. The van der Waals surface area contributed by atoms with Crippen LogP contribution in [0.5, 0.6) is 17.2 Å². The summed E-state index contributed by atoms with van der Waals surface area (Å²) in [6, 6.07) is 21.1. The predicted octanol–water partition coefficient (Wildman–Crippen LogP) is 6.54. The molecule has 0 radical (unpaired) electrons. The lowest BCUT2D eigenvalue weighted by Gasteiger charge is -2.38. The van der Waals surface area contributed by atoms with Crippen molar-refractivity contribution in [3.05, 3.63) is 87.4 Å². The van der Waals surface area contributed by atoms with Gasteiger partial charge in [-0.15, -0.1) is 0 Å². The zero-order valence-electron chi connectivity index (χ0n) is 17.9. The molecule has 0 N–H and O–H groups in total. The van der Waals surface area contributed by atoms with Gasteiger partial charge in [-0.1, -0.05) is 54.0 Å². The van der Waals surface area contributed by atoms with Crippen LogP contribution in [-0.4, -0.2) is 17.5 Å². The molecule has 0 saturated carbocycles. The van der Waals surface area contributed by atoms with Gasteiger partial charge < -0.3 is 14.2 Å². The largest absolute Gasteiger partial charge is 0.464 e. The number of hydrazone groups is 1. The Hall–Kier alpha value is -2.99. The second-order valence-corrected chi connectivity index (χ2v) is 9.60. The molecule has 3 aliphatic heterocycles. The van der Waals surface area contributed by atoms with Crippen LogP contribution in [0.15, 0.2) is 70.2 Å². The van der Waals surface area contributed by atoms with Gasteiger partial charge in [0.15, 0.2) is 11.5 Å². The minimum Gasteiger partial charge on any atom is -0.464 e. The molecule has 0 amide bonds. The van der Waals surface area contributed by atoms with Crippen molar-refractivity contribution in [1.82, 2.24) is 5.01 Å². The highest BCUT2D eigenvalue weighted by atomic mass is 79.9. The van der Waals surface area contributed by atoms with Crippen molar-refractivity contribution in [2.24, 2.45) is 5.10 Å². The van der Waals surface area contributed by atoms with Gasteiger partial charge in [0.2, 0.25) is 13.0 Å². The molecule has 0 unspecified atom stereocenters. The molecule has 0 saturated heterocycles. The molecule has 3 aromatic carbocycles. The lowest BCUT2D eigenvalue weighted by atomic mass is 9.95. The summed E-state index contributed by atoms with van der Waals surface area (Å²) in [4.78, 5) is 0. The molecule has 3 aliphatic rings. The van der Waals surface area contributed by atoms with Crippen LogP contribution in [-0.2, 0) is 0 Å². The van der Waals surface area contributed by atoms with Crippen molar-refractivity contribution in [2.45, 2.75) is 38.5 Å². The Labute approximate surface area is 195 Å². The quantitative estimate of drug-likeness (QED) is 0.417. The van der Waals surface area contributed by atoms with Crippen LogP contribution >= 0.6 is 15.9 Å². The average molecular weight is 491 g/mol. The van der Waals surface area contributed by atoms with E-state index in [1.165, 1.54) is 5.56 Å². The van der Waals surface area contributed by atoms with E-state index in [9.17, 15) is 0 Å². The summed E-state index contributed by atoms with van der Waals surface area (Å²) in [6.45, 7) is 4.68. The van der Waals surface area contributed by atoms with E-state index in [0.717, 1.165) is 50.5 Å². The zero-order valence-corrected chi connectivity index (χ0v) is 19.5. The Morgan fingerprint density at radius 3 is 2.53 bits per heavy atom. The summed E-state index contributed by atoms with van der Waals surface area (Å²) >= 11 is 3.62. The summed E-state index contributed by atoms with van der Waals surface area (Å²) in [5.41, 5.74) is 5.64. The molecule has 6 heteroatoms. The van der Waals surface area contributed by atoms with Gasteiger partial charge in [-0.05, 0) is 47.9 Å². The molecular formula is C26H23BrN2O3. The van der Waals surface area contributed by atoms with Gasteiger partial charge in [0, 0.05) is 27.6 Å². The van der Waals surface area contributed by atoms with Crippen molar-refractivity contribution in [2.75, 3.05) is 6.79 Å². The predicted molar refractivity (Wildman–Crippen MR) is 126 cm³/mol. The van der Waals surface area contributed by atoms with E-state index >= 15 is 0 Å². The van der Waals surface area contributed by atoms with Crippen LogP contribution < -0.4 is 14.2 Å². The van der Waals surface area contributed by atoms with Crippen molar-refractivity contribution < 1.29 is 14.2 Å². The third-order valence-corrected chi connectivity index (χ3v) is 6.84. The molecule has 6 rings (SSSR count). The first-order valence-electron chi connectivity index (χ1n) is 10.9. The highest BCUT2D eigenvalue weighted by Gasteiger charge is 2.41. The van der Waals surface area contributed by atoms with Crippen LogP contribution in [0.1, 0.15) is 60.7 Å². The van der Waals surface area contributed by atoms with E-state index in [0.29, 0.717) is 5.92 Å². The molecule has 3 heterocycles. The van der Waals surface area contributed by atoms with Crippen LogP contribution in [0, 0.1) is 0 Å². The molecule has 0 fully saturated rings. The molecular weight excluding hydrogens is 468 g/mol. The van der Waals surface area contributed by atoms with E-state index in [1.807, 2.05) is 24.3 Å². The minimum atomic E-state index is -0.276. The van der Waals surface area contributed by atoms with Crippen LogP contribution in [0.25, 0.3) is 0 Å². The number of benzene rings is 3. The first kappa shape index (κ1) is 19.7. The third kappa shape index (κ3) is 3.25. The Balaban J connectivity index is 1.41. The lowest BCUT2D eigenvalue weighted by molar-refractivity contribution is -0.0190. The molecule has 0 spiro atoms. The number of ether oxygens (including phenoxy) is 3. The Morgan fingerprint density at radius 2 is 1.72 bits per heavy atom. The Bertz CT molecular complexity index is 1220. The Morgan fingerprint density at radius 1 is 0.938 bits per heavy atom. The van der Waals surface area contributed by atoms with Crippen LogP contribution in [0.4, 0.5) is 0 Å². The van der Waals surface area contributed by atoms with E-state index < -0.39 is 0 Å². The summed E-state index contributed by atoms with van der Waals surface area (Å²) in [7, 11) is 0. The van der Waals surface area contributed by atoms with Gasteiger partial charge in [-0.2, -0.15) is 5.10 Å². The molecule has 32 heavy (non-hydrogen) atoms. The average Bonchev–Trinajstić information content (AvgIpc) is 3.45. The molecule has 5 nitrogen and oxygen atoms in total. The molecule has 2 atom stereocenters. The maximum absolute atomic E-state index is 6.50. The van der Waals surface area contributed by atoms with Gasteiger partial charge in [0.1, 0.15) is 5.75 Å². The molecule has 162 valence electrons. The highest BCUT2D eigenvalue weighted by Crippen LogP contribution is 2.48.